The molecular formula is C14H22N4O. The van der Waals surface area contributed by atoms with E-state index >= 15 is 0 Å². The largest absolute Gasteiger partial charge is 0.382 e. The molecule has 104 valence electrons. The molecule has 1 unspecified atom stereocenters. The molecule has 1 aromatic heterocycles. The third-order valence-electron chi connectivity index (χ3n) is 2.95. The van der Waals surface area contributed by atoms with Gasteiger partial charge >= 0.3 is 0 Å². The van der Waals surface area contributed by atoms with Gasteiger partial charge in [0.2, 0.25) is 0 Å². The highest BCUT2D eigenvalue weighted by Gasteiger charge is 2.18. The van der Waals surface area contributed by atoms with Crippen molar-refractivity contribution < 1.29 is 4.74 Å². The Labute approximate surface area is 113 Å². The Kier molecular flexibility index (Phi) is 4.17. The molecule has 0 aliphatic heterocycles. The van der Waals surface area contributed by atoms with Crippen LogP contribution in [0.15, 0.2) is 24.3 Å². The summed E-state index contributed by atoms with van der Waals surface area (Å²) in [5.41, 5.74) is 2.03. The number of nitrogens with one attached hydrogen (secondary N) is 1. The zero-order chi connectivity index (χ0) is 13.9. The molecule has 0 radical (unpaired) electrons. The van der Waals surface area contributed by atoms with Gasteiger partial charge in [0, 0.05) is 19.2 Å². The van der Waals surface area contributed by atoms with E-state index in [0.717, 1.165) is 17.6 Å². The quantitative estimate of drug-likeness (QED) is 0.895. The summed E-state index contributed by atoms with van der Waals surface area (Å²) in [6.45, 7) is 7.85. The molecule has 19 heavy (non-hydrogen) atoms. The minimum Gasteiger partial charge on any atom is -0.382 e. The van der Waals surface area contributed by atoms with Gasteiger partial charge in [-0.3, -0.25) is 0 Å². The Bertz CT molecular complexity index is 529. The number of methoxy groups -OCH3 is 1. The first kappa shape index (κ1) is 14.0. The first-order valence-electron chi connectivity index (χ1n) is 6.55. The van der Waals surface area contributed by atoms with E-state index in [9.17, 15) is 0 Å². The summed E-state index contributed by atoms with van der Waals surface area (Å²) in [5.74, 6) is 0. The highest BCUT2D eigenvalue weighted by atomic mass is 16.5. The molecule has 0 aliphatic rings. The van der Waals surface area contributed by atoms with Crippen LogP contribution in [-0.4, -0.2) is 40.8 Å². The van der Waals surface area contributed by atoms with Gasteiger partial charge in [0.1, 0.15) is 5.52 Å². The molecule has 0 bridgehead atoms. The molecule has 0 fully saturated rings. The molecule has 2 rings (SSSR count). The molecule has 0 spiro atoms. The summed E-state index contributed by atoms with van der Waals surface area (Å²) in [7, 11) is 1.71. The summed E-state index contributed by atoms with van der Waals surface area (Å²) in [5, 5.41) is 11.9. The van der Waals surface area contributed by atoms with Gasteiger partial charge in [-0.25, -0.2) is 4.68 Å². The van der Waals surface area contributed by atoms with Gasteiger partial charge in [0.05, 0.1) is 18.2 Å². The van der Waals surface area contributed by atoms with E-state index in [2.05, 4.69) is 36.4 Å². The normalized spacial score (nSPS) is 13.9. The third-order valence-corrected chi connectivity index (χ3v) is 2.95. The van der Waals surface area contributed by atoms with Crippen LogP contribution < -0.4 is 5.32 Å². The predicted molar refractivity (Wildman–Crippen MR) is 76.2 cm³/mol. The zero-order valence-electron chi connectivity index (χ0n) is 12.1. The van der Waals surface area contributed by atoms with Crippen molar-refractivity contribution >= 4 is 11.0 Å². The minimum atomic E-state index is 0.0718. The summed E-state index contributed by atoms with van der Waals surface area (Å²) in [4.78, 5) is 0. The van der Waals surface area contributed by atoms with Crippen LogP contribution >= 0.6 is 0 Å². The molecule has 2 aromatic rings. The lowest BCUT2D eigenvalue weighted by Gasteiger charge is -2.25. The van der Waals surface area contributed by atoms with Gasteiger partial charge < -0.3 is 10.1 Å². The Hall–Kier alpha value is -1.46. The fourth-order valence-electron chi connectivity index (χ4n) is 1.99. The van der Waals surface area contributed by atoms with Crippen molar-refractivity contribution in [2.24, 2.45) is 0 Å². The van der Waals surface area contributed by atoms with Crippen molar-refractivity contribution in [3.63, 3.8) is 0 Å². The second kappa shape index (κ2) is 5.67. The Morgan fingerprint density at radius 3 is 2.74 bits per heavy atom. The number of hydrogen-bond acceptors (Lipinski definition) is 4. The van der Waals surface area contributed by atoms with Crippen LogP contribution in [0, 0.1) is 0 Å². The number of aromatic nitrogens is 3. The van der Waals surface area contributed by atoms with Gasteiger partial charge in [0.15, 0.2) is 0 Å². The molecule has 1 N–H and O–H groups in total. The first-order chi connectivity index (χ1) is 9.01. The van der Waals surface area contributed by atoms with E-state index in [-0.39, 0.29) is 11.6 Å². The van der Waals surface area contributed by atoms with Gasteiger partial charge in [-0.15, -0.1) is 5.10 Å². The van der Waals surface area contributed by atoms with Crippen molar-refractivity contribution in [1.29, 1.82) is 0 Å². The summed E-state index contributed by atoms with van der Waals surface area (Å²) < 4.78 is 7.26. The summed E-state index contributed by atoms with van der Waals surface area (Å²) in [6, 6.07) is 8.12. The maximum absolute atomic E-state index is 5.31. The second-order valence-corrected chi connectivity index (χ2v) is 5.76. The first-order valence-corrected chi connectivity index (χ1v) is 6.55. The lowest BCUT2D eigenvalue weighted by Crippen LogP contribution is -2.41. The third kappa shape index (κ3) is 3.52. The molecule has 0 aliphatic carbocycles. The van der Waals surface area contributed by atoms with Crippen LogP contribution in [0.5, 0.6) is 0 Å². The number of rotatable bonds is 5. The molecule has 0 saturated heterocycles. The number of nitrogens with zero attached hydrogens (tertiary/aromatic N) is 3. The highest BCUT2D eigenvalue weighted by molar-refractivity contribution is 5.73. The van der Waals surface area contributed by atoms with Crippen molar-refractivity contribution in [1.82, 2.24) is 20.3 Å². The van der Waals surface area contributed by atoms with Crippen molar-refractivity contribution in [2.45, 2.75) is 32.4 Å². The summed E-state index contributed by atoms with van der Waals surface area (Å²) in [6.07, 6.45) is 0. The maximum Gasteiger partial charge on any atom is 0.113 e. The van der Waals surface area contributed by atoms with E-state index in [1.165, 1.54) is 0 Å². The standard InChI is InChI=1S/C14H22N4O/c1-14(2,3)15-9-11(10-19-4)18-13-8-6-5-7-12(13)16-17-18/h5-8,11,15H,9-10H2,1-4H3. The molecule has 1 atom stereocenters. The van der Waals surface area contributed by atoms with Gasteiger partial charge in [0.25, 0.3) is 0 Å². The van der Waals surface area contributed by atoms with Gasteiger partial charge in [-0.2, -0.15) is 0 Å². The second-order valence-electron chi connectivity index (χ2n) is 5.76. The monoisotopic (exact) mass is 262 g/mol. The fraction of sp³-hybridized carbons (Fsp3) is 0.571. The number of hydrogen-bond donors (Lipinski definition) is 1. The predicted octanol–water partition coefficient (Wildman–Crippen LogP) is 2.01. The molecule has 1 heterocycles. The van der Waals surface area contributed by atoms with Crippen LogP contribution in [0.3, 0.4) is 0 Å². The van der Waals surface area contributed by atoms with Crippen molar-refractivity contribution in [2.75, 3.05) is 20.3 Å². The zero-order valence-corrected chi connectivity index (χ0v) is 12.1. The maximum atomic E-state index is 5.31. The number of benzene rings is 1. The molecule has 0 saturated carbocycles. The van der Waals surface area contributed by atoms with Crippen LogP contribution in [0.4, 0.5) is 0 Å². The van der Waals surface area contributed by atoms with E-state index in [0.29, 0.717) is 6.61 Å². The van der Waals surface area contributed by atoms with Crippen LogP contribution in [-0.2, 0) is 4.74 Å². The van der Waals surface area contributed by atoms with E-state index in [1.54, 1.807) is 7.11 Å². The minimum absolute atomic E-state index is 0.0718. The average Bonchev–Trinajstić information content (AvgIpc) is 2.77. The number of ether oxygens (including phenoxy) is 1. The fourth-order valence-corrected chi connectivity index (χ4v) is 1.99. The molecule has 0 amide bonds. The lowest BCUT2D eigenvalue weighted by atomic mass is 10.1. The number of para-hydroxylation sites is 1. The summed E-state index contributed by atoms with van der Waals surface area (Å²) >= 11 is 0. The van der Waals surface area contributed by atoms with E-state index in [4.69, 9.17) is 4.74 Å². The SMILES string of the molecule is COCC(CNC(C)(C)C)n1nnc2ccccc21. The number of fused-ring (bicyclic) bond motifs is 1. The Balaban J connectivity index is 2.23. The van der Waals surface area contributed by atoms with Crippen LogP contribution in [0.2, 0.25) is 0 Å². The molecule has 5 heteroatoms. The molecule has 5 nitrogen and oxygen atoms in total. The van der Waals surface area contributed by atoms with Crippen molar-refractivity contribution in [3.05, 3.63) is 24.3 Å². The van der Waals surface area contributed by atoms with Crippen molar-refractivity contribution in [3.8, 4) is 0 Å². The Morgan fingerprint density at radius 1 is 1.32 bits per heavy atom. The molecular weight excluding hydrogens is 240 g/mol. The topological polar surface area (TPSA) is 52.0 Å². The lowest BCUT2D eigenvalue weighted by molar-refractivity contribution is 0.145. The average molecular weight is 262 g/mol. The van der Waals surface area contributed by atoms with Gasteiger partial charge in [-0.1, -0.05) is 17.3 Å². The molecule has 1 aromatic carbocycles. The Morgan fingerprint density at radius 2 is 2.05 bits per heavy atom. The van der Waals surface area contributed by atoms with E-state index < -0.39 is 0 Å². The smallest absolute Gasteiger partial charge is 0.113 e. The van der Waals surface area contributed by atoms with Crippen LogP contribution in [0.1, 0.15) is 26.8 Å². The van der Waals surface area contributed by atoms with Crippen LogP contribution in [0.25, 0.3) is 11.0 Å². The van der Waals surface area contributed by atoms with E-state index in [1.807, 2.05) is 28.9 Å². The highest BCUT2D eigenvalue weighted by Crippen LogP contribution is 2.16. The van der Waals surface area contributed by atoms with Gasteiger partial charge in [-0.05, 0) is 32.9 Å².